The fourth-order valence-electron chi connectivity index (χ4n) is 1.34. The van der Waals surface area contributed by atoms with E-state index in [-0.39, 0.29) is 5.91 Å². The SMILES string of the molecule is CCOCCN(C)C(=O)c1cccc(NC)n1. The molecule has 0 aromatic carbocycles. The number of nitrogens with zero attached hydrogens (tertiary/aromatic N) is 2. The molecule has 0 aliphatic rings. The molecule has 0 saturated carbocycles. The Morgan fingerprint density at radius 2 is 2.29 bits per heavy atom. The van der Waals surface area contributed by atoms with Gasteiger partial charge in [0.05, 0.1) is 6.61 Å². The van der Waals surface area contributed by atoms with Crippen molar-refractivity contribution in [1.82, 2.24) is 9.88 Å². The van der Waals surface area contributed by atoms with Crippen LogP contribution in [0.25, 0.3) is 0 Å². The Balaban J connectivity index is 2.61. The fraction of sp³-hybridized carbons (Fsp3) is 0.500. The predicted molar refractivity (Wildman–Crippen MR) is 67.2 cm³/mol. The second kappa shape index (κ2) is 6.85. The van der Waals surface area contributed by atoms with Crippen molar-refractivity contribution in [2.24, 2.45) is 0 Å². The molecule has 0 aliphatic carbocycles. The van der Waals surface area contributed by atoms with Crippen molar-refractivity contribution in [1.29, 1.82) is 0 Å². The first-order valence-corrected chi connectivity index (χ1v) is 5.67. The first-order chi connectivity index (χ1) is 8.19. The minimum atomic E-state index is -0.0956. The molecule has 0 fully saturated rings. The topological polar surface area (TPSA) is 54.5 Å². The lowest BCUT2D eigenvalue weighted by molar-refractivity contribution is 0.0705. The van der Waals surface area contributed by atoms with Gasteiger partial charge in [0, 0.05) is 27.2 Å². The van der Waals surface area contributed by atoms with E-state index < -0.39 is 0 Å². The maximum atomic E-state index is 12.0. The highest BCUT2D eigenvalue weighted by molar-refractivity contribution is 5.92. The number of nitrogens with one attached hydrogen (secondary N) is 1. The smallest absolute Gasteiger partial charge is 0.272 e. The number of aromatic nitrogens is 1. The molecule has 0 saturated heterocycles. The molecule has 0 aliphatic heterocycles. The molecule has 5 nitrogen and oxygen atoms in total. The molecule has 1 aromatic rings. The van der Waals surface area contributed by atoms with Crippen molar-refractivity contribution >= 4 is 11.7 Å². The molecule has 17 heavy (non-hydrogen) atoms. The van der Waals surface area contributed by atoms with Crippen molar-refractivity contribution in [3.63, 3.8) is 0 Å². The van der Waals surface area contributed by atoms with E-state index in [9.17, 15) is 4.79 Å². The summed E-state index contributed by atoms with van der Waals surface area (Å²) >= 11 is 0. The van der Waals surface area contributed by atoms with Gasteiger partial charge in [-0.15, -0.1) is 0 Å². The number of anilines is 1. The summed E-state index contributed by atoms with van der Waals surface area (Å²) in [7, 11) is 3.52. The average molecular weight is 237 g/mol. The highest BCUT2D eigenvalue weighted by Crippen LogP contribution is 2.06. The zero-order valence-electron chi connectivity index (χ0n) is 10.6. The highest BCUT2D eigenvalue weighted by atomic mass is 16.5. The van der Waals surface area contributed by atoms with Gasteiger partial charge in [-0.25, -0.2) is 4.98 Å². The standard InChI is InChI=1S/C12H19N3O2/c1-4-17-9-8-15(3)12(16)10-6-5-7-11(13-2)14-10/h5-7H,4,8-9H2,1-3H3,(H,13,14). The Morgan fingerprint density at radius 1 is 1.53 bits per heavy atom. The summed E-state index contributed by atoms with van der Waals surface area (Å²) in [5.74, 6) is 0.593. The van der Waals surface area contributed by atoms with Gasteiger partial charge in [0.25, 0.3) is 5.91 Å². The monoisotopic (exact) mass is 237 g/mol. The van der Waals surface area contributed by atoms with Gasteiger partial charge in [0.1, 0.15) is 11.5 Å². The Morgan fingerprint density at radius 3 is 2.94 bits per heavy atom. The van der Waals surface area contributed by atoms with Gasteiger partial charge in [-0.1, -0.05) is 6.07 Å². The first-order valence-electron chi connectivity index (χ1n) is 5.67. The molecule has 0 unspecified atom stereocenters. The van der Waals surface area contributed by atoms with Gasteiger partial charge < -0.3 is 15.0 Å². The van der Waals surface area contributed by atoms with Gasteiger partial charge in [-0.2, -0.15) is 0 Å². The van der Waals surface area contributed by atoms with Crippen LogP contribution in [-0.4, -0.2) is 49.6 Å². The van der Waals surface area contributed by atoms with Crippen LogP contribution in [0.1, 0.15) is 17.4 Å². The van der Waals surface area contributed by atoms with Crippen LogP contribution in [0.15, 0.2) is 18.2 Å². The normalized spacial score (nSPS) is 10.1. The lowest BCUT2D eigenvalue weighted by Crippen LogP contribution is -2.30. The number of carbonyl (C=O) groups is 1. The Labute approximate surface area is 102 Å². The molecule has 1 heterocycles. The lowest BCUT2D eigenvalue weighted by Gasteiger charge is -2.16. The zero-order valence-corrected chi connectivity index (χ0v) is 10.6. The van der Waals surface area contributed by atoms with Crippen LogP contribution in [0.4, 0.5) is 5.82 Å². The van der Waals surface area contributed by atoms with Crippen LogP contribution in [-0.2, 0) is 4.74 Å². The minimum Gasteiger partial charge on any atom is -0.380 e. The molecule has 0 atom stereocenters. The quantitative estimate of drug-likeness (QED) is 0.756. The van der Waals surface area contributed by atoms with Crippen molar-refractivity contribution < 1.29 is 9.53 Å². The molecule has 94 valence electrons. The molecular weight excluding hydrogens is 218 g/mol. The third kappa shape index (κ3) is 4.03. The Bertz CT molecular complexity index is 369. The maximum Gasteiger partial charge on any atom is 0.272 e. The van der Waals surface area contributed by atoms with E-state index in [1.807, 2.05) is 19.1 Å². The minimum absolute atomic E-state index is 0.0956. The van der Waals surface area contributed by atoms with E-state index in [4.69, 9.17) is 4.74 Å². The van der Waals surface area contributed by atoms with E-state index in [0.29, 0.717) is 31.3 Å². The number of carbonyl (C=O) groups excluding carboxylic acids is 1. The number of likely N-dealkylation sites (N-methyl/N-ethyl adjacent to an activating group) is 1. The van der Waals surface area contributed by atoms with Crippen LogP contribution < -0.4 is 5.32 Å². The van der Waals surface area contributed by atoms with Crippen LogP contribution in [0.3, 0.4) is 0 Å². The van der Waals surface area contributed by atoms with E-state index in [1.165, 1.54) is 0 Å². The molecule has 1 rings (SSSR count). The molecule has 5 heteroatoms. The first kappa shape index (κ1) is 13.4. The van der Waals surface area contributed by atoms with Crippen LogP contribution in [0, 0.1) is 0 Å². The summed E-state index contributed by atoms with van der Waals surface area (Å²) in [4.78, 5) is 17.8. The van der Waals surface area contributed by atoms with Gasteiger partial charge in [0.15, 0.2) is 0 Å². The zero-order chi connectivity index (χ0) is 12.7. The molecule has 0 bridgehead atoms. The molecule has 1 amide bonds. The van der Waals surface area contributed by atoms with Crippen molar-refractivity contribution in [3.8, 4) is 0 Å². The van der Waals surface area contributed by atoms with Gasteiger partial charge in [-0.05, 0) is 19.1 Å². The summed E-state index contributed by atoms with van der Waals surface area (Å²) in [5.41, 5.74) is 0.441. The van der Waals surface area contributed by atoms with E-state index >= 15 is 0 Å². The predicted octanol–water partition coefficient (Wildman–Crippen LogP) is 1.23. The molecule has 1 aromatic heterocycles. The van der Waals surface area contributed by atoms with Crippen molar-refractivity contribution in [3.05, 3.63) is 23.9 Å². The third-order valence-corrected chi connectivity index (χ3v) is 2.35. The van der Waals surface area contributed by atoms with Gasteiger partial charge in [-0.3, -0.25) is 4.79 Å². The lowest BCUT2D eigenvalue weighted by atomic mass is 10.3. The number of hydrogen-bond acceptors (Lipinski definition) is 4. The fourth-order valence-corrected chi connectivity index (χ4v) is 1.34. The second-order valence-corrected chi connectivity index (χ2v) is 3.58. The average Bonchev–Trinajstić information content (AvgIpc) is 2.38. The molecule has 0 spiro atoms. The number of ether oxygens (including phenoxy) is 1. The number of hydrogen-bond donors (Lipinski definition) is 1. The van der Waals surface area contributed by atoms with E-state index in [2.05, 4.69) is 10.3 Å². The van der Waals surface area contributed by atoms with Gasteiger partial charge >= 0.3 is 0 Å². The highest BCUT2D eigenvalue weighted by Gasteiger charge is 2.12. The number of amides is 1. The Hall–Kier alpha value is -1.62. The van der Waals surface area contributed by atoms with Crippen LogP contribution >= 0.6 is 0 Å². The van der Waals surface area contributed by atoms with Crippen LogP contribution in [0.2, 0.25) is 0 Å². The maximum absolute atomic E-state index is 12.0. The molecular formula is C12H19N3O2. The van der Waals surface area contributed by atoms with Crippen LogP contribution in [0.5, 0.6) is 0 Å². The van der Waals surface area contributed by atoms with Crippen molar-refractivity contribution in [2.45, 2.75) is 6.92 Å². The Kier molecular flexibility index (Phi) is 5.42. The second-order valence-electron chi connectivity index (χ2n) is 3.58. The summed E-state index contributed by atoms with van der Waals surface area (Å²) in [6.07, 6.45) is 0. The summed E-state index contributed by atoms with van der Waals surface area (Å²) in [6, 6.07) is 5.33. The largest absolute Gasteiger partial charge is 0.380 e. The number of rotatable bonds is 6. The molecule has 1 N–H and O–H groups in total. The van der Waals surface area contributed by atoms with E-state index in [0.717, 1.165) is 0 Å². The molecule has 0 radical (unpaired) electrons. The summed E-state index contributed by atoms with van der Waals surface area (Å²) in [6.45, 7) is 3.71. The summed E-state index contributed by atoms with van der Waals surface area (Å²) in [5, 5.41) is 2.91. The van der Waals surface area contributed by atoms with Gasteiger partial charge in [0.2, 0.25) is 0 Å². The van der Waals surface area contributed by atoms with Crippen molar-refractivity contribution in [2.75, 3.05) is 39.2 Å². The third-order valence-electron chi connectivity index (χ3n) is 2.35. The number of pyridine rings is 1. The summed E-state index contributed by atoms with van der Waals surface area (Å²) < 4.78 is 5.21. The van der Waals surface area contributed by atoms with E-state index in [1.54, 1.807) is 25.1 Å².